The van der Waals surface area contributed by atoms with E-state index in [-0.39, 0.29) is 5.69 Å². The number of hydrogen-bond donors (Lipinski definition) is 2. The number of amides is 1. The number of halogens is 2. The fourth-order valence-corrected chi connectivity index (χ4v) is 2.28. The quantitative estimate of drug-likeness (QED) is 0.762. The molecule has 3 aromatic rings. The Hall–Kier alpha value is -2.96. The van der Waals surface area contributed by atoms with E-state index in [9.17, 15) is 13.6 Å². The molecule has 0 unspecified atom stereocenters. The fourth-order valence-electron chi connectivity index (χ4n) is 2.28. The Morgan fingerprint density at radius 3 is 2.75 bits per heavy atom. The molecule has 0 spiro atoms. The van der Waals surface area contributed by atoms with E-state index in [0.717, 1.165) is 6.07 Å². The molecule has 124 valence electrons. The van der Waals surface area contributed by atoms with Crippen molar-refractivity contribution in [1.29, 1.82) is 0 Å². The first kappa shape index (κ1) is 15.9. The normalized spacial score (nSPS) is 12.2. The average Bonchev–Trinajstić information content (AvgIpc) is 2.89. The summed E-state index contributed by atoms with van der Waals surface area (Å²) in [5, 5.41) is 5.43. The van der Waals surface area contributed by atoms with E-state index in [0.29, 0.717) is 28.7 Å². The van der Waals surface area contributed by atoms with Crippen LogP contribution in [0.3, 0.4) is 0 Å². The highest BCUT2D eigenvalue weighted by Gasteiger charge is 2.15. The smallest absolute Gasteiger partial charge is 0.246 e. The first-order valence-corrected chi connectivity index (χ1v) is 7.32. The summed E-state index contributed by atoms with van der Waals surface area (Å²) in [4.78, 5) is 16.4. The van der Waals surface area contributed by atoms with Gasteiger partial charge in [0, 0.05) is 18.7 Å². The molecular formula is C17H15F2N3O2. The van der Waals surface area contributed by atoms with E-state index in [2.05, 4.69) is 15.6 Å². The summed E-state index contributed by atoms with van der Waals surface area (Å²) < 4.78 is 31.9. The minimum atomic E-state index is -0.824. The van der Waals surface area contributed by atoms with E-state index >= 15 is 0 Å². The summed E-state index contributed by atoms with van der Waals surface area (Å²) in [5.41, 5.74) is 1.94. The van der Waals surface area contributed by atoms with Gasteiger partial charge in [-0.1, -0.05) is 0 Å². The standard InChI is InChI=1S/C17H15F2N3O2/c1-9(17(23)22-14-5-3-11(18)7-13(14)19)20-12-4-6-16-15(8-12)21-10(2)24-16/h3-9,20H,1-2H3,(H,22,23)/t9-/m1/s1. The van der Waals surface area contributed by atoms with Gasteiger partial charge in [-0.15, -0.1) is 0 Å². The molecule has 2 N–H and O–H groups in total. The second-order valence-electron chi connectivity index (χ2n) is 5.39. The molecule has 3 rings (SSSR count). The fraction of sp³-hybridized carbons (Fsp3) is 0.176. The number of carbonyl (C=O) groups excluding carboxylic acids is 1. The SMILES string of the molecule is Cc1nc2cc(N[C@H](C)C(=O)Nc3ccc(F)cc3F)ccc2o1. The average molecular weight is 331 g/mol. The monoisotopic (exact) mass is 331 g/mol. The minimum Gasteiger partial charge on any atom is -0.441 e. The van der Waals surface area contributed by atoms with Gasteiger partial charge in [-0.3, -0.25) is 4.79 Å². The lowest BCUT2D eigenvalue weighted by Crippen LogP contribution is -2.32. The van der Waals surface area contributed by atoms with Crippen molar-refractivity contribution in [3.05, 3.63) is 53.9 Å². The van der Waals surface area contributed by atoms with Crippen molar-refractivity contribution in [3.63, 3.8) is 0 Å². The van der Waals surface area contributed by atoms with Crippen molar-refractivity contribution in [2.45, 2.75) is 19.9 Å². The van der Waals surface area contributed by atoms with Gasteiger partial charge in [-0.25, -0.2) is 13.8 Å². The summed E-state index contributed by atoms with van der Waals surface area (Å²) in [6, 6.07) is 7.61. The number of nitrogens with one attached hydrogen (secondary N) is 2. The summed E-state index contributed by atoms with van der Waals surface area (Å²) in [6.07, 6.45) is 0. The number of aryl methyl sites for hydroxylation is 1. The van der Waals surface area contributed by atoms with Crippen LogP contribution in [0.2, 0.25) is 0 Å². The Bertz CT molecular complexity index is 908. The third-order valence-corrected chi connectivity index (χ3v) is 3.46. The lowest BCUT2D eigenvalue weighted by molar-refractivity contribution is -0.116. The van der Waals surface area contributed by atoms with Crippen LogP contribution in [0.1, 0.15) is 12.8 Å². The summed E-state index contributed by atoms with van der Waals surface area (Å²) >= 11 is 0. The van der Waals surface area contributed by atoms with Gasteiger partial charge < -0.3 is 15.1 Å². The summed E-state index contributed by atoms with van der Waals surface area (Å²) in [7, 11) is 0. The third-order valence-electron chi connectivity index (χ3n) is 3.46. The maximum Gasteiger partial charge on any atom is 0.246 e. The number of benzene rings is 2. The Morgan fingerprint density at radius 1 is 1.21 bits per heavy atom. The Morgan fingerprint density at radius 2 is 2.00 bits per heavy atom. The number of rotatable bonds is 4. The number of carbonyl (C=O) groups is 1. The van der Waals surface area contributed by atoms with Crippen LogP contribution in [-0.4, -0.2) is 16.9 Å². The highest BCUT2D eigenvalue weighted by Crippen LogP contribution is 2.21. The molecule has 7 heteroatoms. The summed E-state index contributed by atoms with van der Waals surface area (Å²) in [6.45, 7) is 3.38. The molecule has 0 radical (unpaired) electrons. The number of fused-ring (bicyclic) bond motifs is 1. The number of nitrogens with zero attached hydrogens (tertiary/aromatic N) is 1. The first-order chi connectivity index (χ1) is 11.4. The zero-order valence-electron chi connectivity index (χ0n) is 13.1. The molecule has 5 nitrogen and oxygen atoms in total. The molecule has 0 saturated carbocycles. The molecule has 0 fully saturated rings. The third kappa shape index (κ3) is 3.34. The van der Waals surface area contributed by atoms with Crippen molar-refractivity contribution < 1.29 is 18.0 Å². The molecule has 1 heterocycles. The number of hydrogen-bond acceptors (Lipinski definition) is 4. The van der Waals surface area contributed by atoms with Crippen LogP contribution in [0.25, 0.3) is 11.1 Å². The van der Waals surface area contributed by atoms with E-state index in [1.54, 1.807) is 32.0 Å². The van der Waals surface area contributed by atoms with Crippen LogP contribution in [0.4, 0.5) is 20.2 Å². The lowest BCUT2D eigenvalue weighted by atomic mass is 10.2. The van der Waals surface area contributed by atoms with Crippen molar-refractivity contribution in [1.82, 2.24) is 4.98 Å². The van der Waals surface area contributed by atoms with Gasteiger partial charge >= 0.3 is 0 Å². The van der Waals surface area contributed by atoms with E-state index in [4.69, 9.17) is 4.42 Å². The van der Waals surface area contributed by atoms with Gasteiger partial charge in [0.25, 0.3) is 0 Å². The number of oxazole rings is 1. The van der Waals surface area contributed by atoms with Gasteiger partial charge in [0.2, 0.25) is 5.91 Å². The molecule has 1 aromatic heterocycles. The predicted molar refractivity (Wildman–Crippen MR) is 86.8 cm³/mol. The zero-order chi connectivity index (χ0) is 17.3. The van der Waals surface area contributed by atoms with Gasteiger partial charge in [-0.05, 0) is 37.3 Å². The highest BCUT2D eigenvalue weighted by molar-refractivity contribution is 5.96. The molecular weight excluding hydrogens is 316 g/mol. The maximum absolute atomic E-state index is 13.6. The minimum absolute atomic E-state index is 0.0716. The molecule has 24 heavy (non-hydrogen) atoms. The van der Waals surface area contributed by atoms with Crippen molar-refractivity contribution in [2.24, 2.45) is 0 Å². The van der Waals surface area contributed by atoms with E-state index in [1.807, 2.05) is 0 Å². The second-order valence-corrected chi connectivity index (χ2v) is 5.39. The van der Waals surface area contributed by atoms with Gasteiger partial charge in [0.05, 0.1) is 5.69 Å². The molecule has 1 amide bonds. The van der Waals surface area contributed by atoms with Crippen LogP contribution >= 0.6 is 0 Å². The number of aromatic nitrogens is 1. The number of anilines is 2. The van der Waals surface area contributed by atoms with Crippen LogP contribution in [0.5, 0.6) is 0 Å². The Balaban J connectivity index is 1.70. The van der Waals surface area contributed by atoms with Gasteiger partial charge in [0.15, 0.2) is 11.5 Å². The predicted octanol–water partition coefficient (Wildman–Crippen LogP) is 3.85. The molecule has 0 saturated heterocycles. The van der Waals surface area contributed by atoms with Crippen LogP contribution in [-0.2, 0) is 4.79 Å². The van der Waals surface area contributed by atoms with E-state index < -0.39 is 23.6 Å². The largest absolute Gasteiger partial charge is 0.441 e. The Labute approximate surface area is 136 Å². The van der Waals surface area contributed by atoms with Crippen molar-refractivity contribution in [2.75, 3.05) is 10.6 Å². The Kier molecular flexibility index (Phi) is 4.16. The maximum atomic E-state index is 13.6. The molecule has 0 aliphatic heterocycles. The second kappa shape index (κ2) is 6.27. The zero-order valence-corrected chi connectivity index (χ0v) is 13.1. The van der Waals surface area contributed by atoms with Crippen LogP contribution in [0.15, 0.2) is 40.8 Å². The molecule has 0 aliphatic rings. The van der Waals surface area contributed by atoms with E-state index in [1.165, 1.54) is 6.07 Å². The molecule has 2 aromatic carbocycles. The molecule has 0 aliphatic carbocycles. The van der Waals surface area contributed by atoms with Crippen LogP contribution < -0.4 is 10.6 Å². The van der Waals surface area contributed by atoms with Gasteiger partial charge in [-0.2, -0.15) is 0 Å². The van der Waals surface area contributed by atoms with Crippen molar-refractivity contribution >= 4 is 28.4 Å². The molecule has 1 atom stereocenters. The summed E-state index contributed by atoms with van der Waals surface area (Å²) in [5.74, 6) is -1.42. The highest BCUT2D eigenvalue weighted by atomic mass is 19.1. The van der Waals surface area contributed by atoms with Crippen LogP contribution in [0, 0.1) is 18.6 Å². The molecule has 0 bridgehead atoms. The topological polar surface area (TPSA) is 67.2 Å². The lowest BCUT2D eigenvalue weighted by Gasteiger charge is -2.15. The first-order valence-electron chi connectivity index (χ1n) is 7.32. The van der Waals surface area contributed by atoms with Crippen molar-refractivity contribution in [3.8, 4) is 0 Å². The van der Waals surface area contributed by atoms with Gasteiger partial charge in [0.1, 0.15) is 23.2 Å².